The van der Waals surface area contributed by atoms with Gasteiger partial charge in [-0.3, -0.25) is 4.79 Å². The summed E-state index contributed by atoms with van der Waals surface area (Å²) in [4.78, 5) is 12.0. The Morgan fingerprint density at radius 3 is 2.53 bits per heavy atom. The Labute approximate surface area is 101 Å². The topological polar surface area (TPSA) is 29.1 Å². The Hall–Kier alpha value is -0.670. The van der Waals surface area contributed by atoms with E-state index in [4.69, 9.17) is 0 Å². The first-order chi connectivity index (χ1) is 7.92. The van der Waals surface area contributed by atoms with Gasteiger partial charge in [-0.1, -0.05) is 6.92 Å². The van der Waals surface area contributed by atoms with Crippen molar-refractivity contribution in [3.63, 3.8) is 0 Å². The number of alkyl halides is 2. The zero-order valence-corrected chi connectivity index (χ0v) is 10.6. The van der Waals surface area contributed by atoms with Gasteiger partial charge in [-0.15, -0.1) is 0 Å². The fourth-order valence-electron chi connectivity index (χ4n) is 3.78. The molecule has 98 valence electrons. The van der Waals surface area contributed by atoms with Crippen LogP contribution in [0.3, 0.4) is 0 Å². The van der Waals surface area contributed by atoms with Crippen LogP contribution in [0.25, 0.3) is 0 Å². The molecule has 0 saturated heterocycles. The average molecular weight is 245 g/mol. The standard InChI is InChI=1S/C13H21F2NO/c1-3-12(11(17)16-2)6-9-4-5-13(14,15)8-10(9)7-12/h9-10H,3-8H2,1-2H3,(H,16,17). The van der Waals surface area contributed by atoms with Gasteiger partial charge in [0.1, 0.15) is 0 Å². The quantitative estimate of drug-likeness (QED) is 0.796. The molecule has 4 heteroatoms. The van der Waals surface area contributed by atoms with Crippen LogP contribution in [0.15, 0.2) is 0 Å². The molecule has 2 fully saturated rings. The molecule has 2 rings (SSSR count). The van der Waals surface area contributed by atoms with E-state index in [-0.39, 0.29) is 30.1 Å². The van der Waals surface area contributed by atoms with Crippen LogP contribution >= 0.6 is 0 Å². The number of amides is 1. The molecular weight excluding hydrogens is 224 g/mol. The van der Waals surface area contributed by atoms with E-state index in [9.17, 15) is 13.6 Å². The summed E-state index contributed by atoms with van der Waals surface area (Å²) < 4.78 is 26.8. The van der Waals surface area contributed by atoms with Crippen LogP contribution in [0, 0.1) is 17.3 Å². The molecule has 3 unspecified atom stereocenters. The van der Waals surface area contributed by atoms with Crippen LogP contribution in [-0.2, 0) is 4.79 Å². The molecule has 0 radical (unpaired) electrons. The molecule has 0 aromatic heterocycles. The van der Waals surface area contributed by atoms with Crippen molar-refractivity contribution in [2.75, 3.05) is 7.05 Å². The Morgan fingerprint density at radius 1 is 1.29 bits per heavy atom. The molecule has 0 bridgehead atoms. The summed E-state index contributed by atoms with van der Waals surface area (Å²) >= 11 is 0. The highest BCUT2D eigenvalue weighted by Gasteiger charge is 2.53. The maximum atomic E-state index is 13.4. The molecule has 0 aromatic rings. The fraction of sp³-hybridized carbons (Fsp3) is 0.923. The molecule has 2 saturated carbocycles. The summed E-state index contributed by atoms with van der Waals surface area (Å²) in [5, 5.41) is 2.70. The maximum absolute atomic E-state index is 13.4. The minimum absolute atomic E-state index is 0.00169. The van der Waals surface area contributed by atoms with Crippen molar-refractivity contribution in [2.45, 2.75) is 51.4 Å². The second-order valence-corrected chi connectivity index (χ2v) is 5.74. The van der Waals surface area contributed by atoms with Crippen molar-refractivity contribution >= 4 is 5.91 Å². The van der Waals surface area contributed by atoms with Crippen molar-refractivity contribution < 1.29 is 13.6 Å². The van der Waals surface area contributed by atoms with E-state index >= 15 is 0 Å². The second-order valence-electron chi connectivity index (χ2n) is 5.74. The summed E-state index contributed by atoms with van der Waals surface area (Å²) in [7, 11) is 1.64. The van der Waals surface area contributed by atoms with E-state index in [1.54, 1.807) is 7.05 Å². The third kappa shape index (κ3) is 2.18. The smallest absolute Gasteiger partial charge is 0.248 e. The van der Waals surface area contributed by atoms with Crippen molar-refractivity contribution in [1.29, 1.82) is 0 Å². The van der Waals surface area contributed by atoms with Gasteiger partial charge in [0.05, 0.1) is 0 Å². The first kappa shape index (κ1) is 12.8. The number of nitrogens with one attached hydrogen (secondary N) is 1. The second kappa shape index (κ2) is 4.21. The molecule has 1 amide bonds. The van der Waals surface area contributed by atoms with Crippen LogP contribution < -0.4 is 5.32 Å². The Kier molecular flexibility index (Phi) is 3.17. The normalized spacial score (nSPS) is 39.8. The highest BCUT2D eigenvalue weighted by molar-refractivity contribution is 5.82. The van der Waals surface area contributed by atoms with E-state index in [2.05, 4.69) is 5.32 Å². The van der Waals surface area contributed by atoms with Crippen LogP contribution in [0.1, 0.15) is 45.4 Å². The summed E-state index contributed by atoms with van der Waals surface area (Å²) in [5.74, 6) is -2.10. The van der Waals surface area contributed by atoms with Crippen LogP contribution in [0.5, 0.6) is 0 Å². The lowest BCUT2D eigenvalue weighted by Crippen LogP contribution is -2.37. The number of hydrogen-bond donors (Lipinski definition) is 1. The van der Waals surface area contributed by atoms with Gasteiger partial charge >= 0.3 is 0 Å². The molecule has 2 nitrogen and oxygen atoms in total. The number of carbonyl (C=O) groups is 1. The summed E-state index contributed by atoms with van der Waals surface area (Å²) in [5.41, 5.74) is -0.384. The Bertz CT molecular complexity index is 319. The molecule has 2 aliphatic rings. The van der Waals surface area contributed by atoms with E-state index in [0.717, 1.165) is 12.8 Å². The van der Waals surface area contributed by atoms with E-state index in [0.29, 0.717) is 18.8 Å². The van der Waals surface area contributed by atoms with E-state index < -0.39 is 5.92 Å². The average Bonchev–Trinajstić information content (AvgIpc) is 2.65. The van der Waals surface area contributed by atoms with Crippen LogP contribution in [0.4, 0.5) is 8.78 Å². The summed E-state index contributed by atoms with van der Waals surface area (Å²) in [6, 6.07) is 0. The molecular formula is C13H21F2NO. The van der Waals surface area contributed by atoms with Gasteiger partial charge in [0, 0.05) is 25.3 Å². The van der Waals surface area contributed by atoms with Crippen molar-refractivity contribution in [2.24, 2.45) is 17.3 Å². The number of carbonyl (C=O) groups excluding carboxylic acids is 1. The first-order valence-electron chi connectivity index (χ1n) is 6.52. The summed E-state index contributed by atoms with van der Waals surface area (Å²) in [6.45, 7) is 1.99. The van der Waals surface area contributed by atoms with Crippen molar-refractivity contribution in [3.8, 4) is 0 Å². The number of halogens is 2. The molecule has 0 aromatic carbocycles. The Morgan fingerprint density at radius 2 is 1.94 bits per heavy atom. The van der Waals surface area contributed by atoms with E-state index in [1.807, 2.05) is 6.92 Å². The van der Waals surface area contributed by atoms with Gasteiger partial charge in [0.15, 0.2) is 0 Å². The van der Waals surface area contributed by atoms with Gasteiger partial charge < -0.3 is 5.32 Å². The largest absolute Gasteiger partial charge is 0.359 e. The lowest BCUT2D eigenvalue weighted by atomic mass is 9.80. The molecule has 17 heavy (non-hydrogen) atoms. The number of hydrogen-bond acceptors (Lipinski definition) is 1. The molecule has 2 aliphatic carbocycles. The monoisotopic (exact) mass is 245 g/mol. The van der Waals surface area contributed by atoms with Gasteiger partial charge in [0.25, 0.3) is 0 Å². The zero-order chi connectivity index (χ0) is 12.7. The Balaban J connectivity index is 2.14. The molecule has 0 aliphatic heterocycles. The fourth-order valence-corrected chi connectivity index (χ4v) is 3.78. The zero-order valence-electron chi connectivity index (χ0n) is 10.6. The lowest BCUT2D eigenvalue weighted by molar-refractivity contribution is -0.130. The van der Waals surface area contributed by atoms with Gasteiger partial charge in [-0.2, -0.15) is 0 Å². The van der Waals surface area contributed by atoms with Gasteiger partial charge in [0.2, 0.25) is 11.8 Å². The number of fused-ring (bicyclic) bond motifs is 1. The predicted octanol–water partition coefficient (Wildman–Crippen LogP) is 2.97. The minimum Gasteiger partial charge on any atom is -0.359 e. The highest BCUT2D eigenvalue weighted by Crippen LogP contribution is 2.56. The maximum Gasteiger partial charge on any atom is 0.248 e. The first-order valence-corrected chi connectivity index (χ1v) is 6.52. The lowest BCUT2D eigenvalue weighted by Gasteiger charge is -2.31. The minimum atomic E-state index is -2.51. The summed E-state index contributed by atoms with van der Waals surface area (Å²) in [6.07, 6.45) is 2.76. The number of rotatable bonds is 2. The van der Waals surface area contributed by atoms with Crippen LogP contribution in [-0.4, -0.2) is 18.9 Å². The van der Waals surface area contributed by atoms with E-state index in [1.165, 1.54) is 0 Å². The van der Waals surface area contributed by atoms with Crippen molar-refractivity contribution in [1.82, 2.24) is 5.32 Å². The molecule has 1 N–H and O–H groups in total. The van der Waals surface area contributed by atoms with Gasteiger partial charge in [-0.05, 0) is 37.5 Å². The van der Waals surface area contributed by atoms with Crippen LogP contribution in [0.2, 0.25) is 0 Å². The third-order valence-electron chi connectivity index (χ3n) is 4.80. The highest BCUT2D eigenvalue weighted by atomic mass is 19.3. The van der Waals surface area contributed by atoms with Crippen molar-refractivity contribution in [3.05, 3.63) is 0 Å². The third-order valence-corrected chi connectivity index (χ3v) is 4.80. The van der Waals surface area contributed by atoms with Gasteiger partial charge in [-0.25, -0.2) is 8.78 Å². The SMILES string of the molecule is CCC1(C(=O)NC)CC2CCC(F)(F)CC2C1. The molecule has 0 heterocycles. The molecule has 3 atom stereocenters. The predicted molar refractivity (Wildman–Crippen MR) is 61.8 cm³/mol. The molecule has 0 spiro atoms.